The number of carboxylic acid groups (broad SMARTS) is 1. The largest absolute Gasteiger partial charge is 0.481 e. The van der Waals surface area contributed by atoms with Crippen molar-refractivity contribution in [2.75, 3.05) is 26.2 Å². The van der Waals surface area contributed by atoms with Crippen molar-refractivity contribution in [1.29, 1.82) is 0 Å². The number of hydrogen-bond donors (Lipinski definition) is 2. The second-order valence-electron chi connectivity index (χ2n) is 10.3. The van der Waals surface area contributed by atoms with Crippen LogP contribution in [0.2, 0.25) is 0 Å². The maximum absolute atomic E-state index is 12.8. The highest BCUT2D eigenvalue weighted by Crippen LogP contribution is 2.49. The maximum Gasteiger partial charge on any atom is 0.407 e. The first kappa shape index (κ1) is 23.4. The van der Waals surface area contributed by atoms with Crippen molar-refractivity contribution in [3.8, 4) is 11.1 Å². The SMILES string of the molecule is CC(CNC(=O)OCC1c2ccccc2-c2ccccc21)CC(=O)N1C[C@@H]2CCC[C@]2(C(=O)O)C1. The van der Waals surface area contributed by atoms with Gasteiger partial charge in [-0.15, -0.1) is 0 Å². The zero-order valence-corrected chi connectivity index (χ0v) is 20.0. The summed E-state index contributed by atoms with van der Waals surface area (Å²) in [5, 5.41) is 12.5. The molecule has 5 rings (SSSR count). The zero-order valence-electron chi connectivity index (χ0n) is 20.0. The number of rotatable bonds is 7. The van der Waals surface area contributed by atoms with E-state index in [9.17, 15) is 19.5 Å². The number of likely N-dealkylation sites (tertiary alicyclic amines) is 1. The monoisotopic (exact) mass is 476 g/mol. The van der Waals surface area contributed by atoms with E-state index in [0.29, 0.717) is 26.1 Å². The van der Waals surface area contributed by atoms with Crippen LogP contribution in [-0.4, -0.2) is 54.2 Å². The van der Waals surface area contributed by atoms with Gasteiger partial charge in [-0.25, -0.2) is 4.79 Å². The molecule has 1 saturated carbocycles. The Labute approximate surface area is 205 Å². The Hall–Kier alpha value is -3.35. The third-order valence-corrected chi connectivity index (χ3v) is 8.11. The number of benzene rings is 2. The van der Waals surface area contributed by atoms with Crippen LogP contribution in [0.25, 0.3) is 11.1 Å². The highest BCUT2D eigenvalue weighted by Gasteiger charge is 2.55. The predicted molar refractivity (Wildman–Crippen MR) is 131 cm³/mol. The van der Waals surface area contributed by atoms with Crippen LogP contribution in [0, 0.1) is 17.3 Å². The minimum absolute atomic E-state index is 0.00308. The summed E-state index contributed by atoms with van der Waals surface area (Å²) in [7, 11) is 0. The highest BCUT2D eigenvalue weighted by atomic mass is 16.5. The van der Waals surface area contributed by atoms with E-state index in [1.165, 1.54) is 11.1 Å². The molecule has 0 bridgehead atoms. The fourth-order valence-corrected chi connectivity index (χ4v) is 6.24. The van der Waals surface area contributed by atoms with E-state index in [0.717, 1.165) is 24.0 Å². The first-order chi connectivity index (χ1) is 16.9. The summed E-state index contributed by atoms with van der Waals surface area (Å²) in [6.45, 7) is 3.31. The van der Waals surface area contributed by atoms with Crippen LogP contribution in [0.15, 0.2) is 48.5 Å². The molecule has 1 unspecified atom stereocenters. The quantitative estimate of drug-likeness (QED) is 0.622. The van der Waals surface area contributed by atoms with Gasteiger partial charge >= 0.3 is 12.1 Å². The number of carbonyl (C=O) groups is 3. The molecular weight excluding hydrogens is 444 g/mol. The lowest BCUT2D eigenvalue weighted by Gasteiger charge is -2.24. The normalized spacial score (nSPS) is 23.3. The molecule has 1 heterocycles. The van der Waals surface area contributed by atoms with Gasteiger partial charge in [0.1, 0.15) is 6.61 Å². The van der Waals surface area contributed by atoms with Crippen LogP contribution in [0.5, 0.6) is 0 Å². The summed E-state index contributed by atoms with van der Waals surface area (Å²) in [5.41, 5.74) is 3.92. The molecule has 0 aromatic heterocycles. The number of nitrogens with zero attached hydrogens (tertiary/aromatic N) is 1. The van der Waals surface area contributed by atoms with Crippen molar-refractivity contribution in [3.05, 3.63) is 59.7 Å². The Balaban J connectivity index is 1.10. The molecule has 3 aliphatic rings. The molecule has 7 heteroatoms. The molecule has 184 valence electrons. The lowest BCUT2D eigenvalue weighted by Crippen LogP contribution is -2.38. The first-order valence-electron chi connectivity index (χ1n) is 12.5. The Kier molecular flexibility index (Phi) is 6.26. The molecule has 2 aromatic rings. The number of aliphatic carboxylic acids is 1. The Morgan fingerprint density at radius 3 is 2.40 bits per heavy atom. The fraction of sp³-hybridized carbons (Fsp3) is 0.464. The number of carboxylic acids is 1. The molecule has 2 aromatic carbocycles. The molecular formula is C28H32N2O5. The lowest BCUT2D eigenvalue weighted by molar-refractivity contribution is -0.149. The summed E-state index contributed by atoms with van der Waals surface area (Å²) in [5.74, 6) is -0.840. The van der Waals surface area contributed by atoms with Gasteiger partial charge in [0, 0.05) is 32.0 Å². The minimum Gasteiger partial charge on any atom is -0.481 e. The third-order valence-electron chi connectivity index (χ3n) is 8.11. The molecule has 1 aliphatic heterocycles. The van der Waals surface area contributed by atoms with Crippen molar-refractivity contribution in [2.24, 2.45) is 17.3 Å². The predicted octanol–water partition coefficient (Wildman–Crippen LogP) is 4.26. The van der Waals surface area contributed by atoms with Crippen LogP contribution < -0.4 is 5.32 Å². The van der Waals surface area contributed by atoms with E-state index >= 15 is 0 Å². The number of amides is 2. The smallest absolute Gasteiger partial charge is 0.407 e. The van der Waals surface area contributed by atoms with E-state index in [2.05, 4.69) is 29.6 Å². The highest BCUT2D eigenvalue weighted by molar-refractivity contribution is 5.82. The molecule has 3 atom stereocenters. The number of fused-ring (bicyclic) bond motifs is 4. The molecule has 0 spiro atoms. The molecule has 1 saturated heterocycles. The van der Waals surface area contributed by atoms with Gasteiger partial charge < -0.3 is 20.1 Å². The van der Waals surface area contributed by atoms with E-state index in [4.69, 9.17) is 4.74 Å². The van der Waals surface area contributed by atoms with Gasteiger partial charge in [-0.3, -0.25) is 9.59 Å². The van der Waals surface area contributed by atoms with Gasteiger partial charge in [0.25, 0.3) is 0 Å². The summed E-state index contributed by atoms with van der Waals surface area (Å²) in [6.07, 6.45) is 2.21. The molecule has 0 radical (unpaired) electrons. The number of hydrogen-bond acceptors (Lipinski definition) is 4. The Bertz CT molecular complexity index is 1100. The van der Waals surface area contributed by atoms with Crippen molar-refractivity contribution < 1.29 is 24.2 Å². The van der Waals surface area contributed by atoms with Gasteiger partial charge in [0.2, 0.25) is 5.91 Å². The van der Waals surface area contributed by atoms with E-state index < -0.39 is 17.5 Å². The van der Waals surface area contributed by atoms with Crippen LogP contribution in [0.1, 0.15) is 49.7 Å². The third kappa shape index (κ3) is 4.28. The van der Waals surface area contributed by atoms with Gasteiger partial charge in [-0.05, 0) is 46.9 Å². The average Bonchev–Trinajstić information content (AvgIpc) is 3.51. The van der Waals surface area contributed by atoms with Crippen LogP contribution >= 0.6 is 0 Å². The number of ether oxygens (including phenoxy) is 1. The van der Waals surface area contributed by atoms with Gasteiger partial charge in [0.15, 0.2) is 0 Å². The van der Waals surface area contributed by atoms with Crippen LogP contribution in [0.3, 0.4) is 0 Å². The molecule has 2 fully saturated rings. The molecule has 2 aliphatic carbocycles. The van der Waals surface area contributed by atoms with Crippen molar-refractivity contribution >= 4 is 18.0 Å². The Morgan fingerprint density at radius 2 is 1.77 bits per heavy atom. The maximum atomic E-state index is 12.8. The molecule has 2 N–H and O–H groups in total. The van der Waals surface area contributed by atoms with Gasteiger partial charge in [-0.2, -0.15) is 0 Å². The average molecular weight is 477 g/mol. The second kappa shape index (κ2) is 9.36. The summed E-state index contributed by atoms with van der Waals surface area (Å²) in [6, 6.07) is 16.4. The zero-order chi connectivity index (χ0) is 24.6. The van der Waals surface area contributed by atoms with Crippen molar-refractivity contribution in [3.63, 3.8) is 0 Å². The number of alkyl carbamates (subject to hydrolysis) is 1. The summed E-state index contributed by atoms with van der Waals surface area (Å²) >= 11 is 0. The van der Waals surface area contributed by atoms with Crippen molar-refractivity contribution in [1.82, 2.24) is 10.2 Å². The van der Waals surface area contributed by atoms with Crippen molar-refractivity contribution in [2.45, 2.75) is 38.5 Å². The number of carbonyl (C=O) groups excluding carboxylic acids is 2. The van der Waals surface area contributed by atoms with E-state index in [-0.39, 0.29) is 36.7 Å². The molecule has 2 amide bonds. The first-order valence-corrected chi connectivity index (χ1v) is 12.5. The van der Waals surface area contributed by atoms with Gasteiger partial charge in [-0.1, -0.05) is 61.9 Å². The molecule has 7 nitrogen and oxygen atoms in total. The fourth-order valence-electron chi connectivity index (χ4n) is 6.24. The van der Waals surface area contributed by atoms with Crippen LogP contribution in [-0.2, 0) is 14.3 Å². The van der Waals surface area contributed by atoms with Crippen LogP contribution in [0.4, 0.5) is 4.79 Å². The minimum atomic E-state index is -0.778. The lowest BCUT2D eigenvalue weighted by atomic mass is 9.81. The standard InChI is InChI=1S/C28H32N2O5/c1-18(13-25(31)30-15-19-7-6-12-28(19,17-30)26(32)33)14-29-27(34)35-16-24-22-10-4-2-8-20(22)21-9-3-5-11-23(21)24/h2-5,8-11,18-19,24H,6-7,12-17H2,1H3,(H,29,34)(H,32,33)/t18?,19-,28-/m0/s1. The number of nitrogens with one attached hydrogen (secondary N) is 1. The Morgan fingerprint density at radius 1 is 1.11 bits per heavy atom. The molecule has 35 heavy (non-hydrogen) atoms. The van der Waals surface area contributed by atoms with E-state index in [1.54, 1.807) is 4.90 Å². The summed E-state index contributed by atoms with van der Waals surface area (Å²) < 4.78 is 5.57. The second-order valence-corrected chi connectivity index (χ2v) is 10.3. The van der Waals surface area contributed by atoms with E-state index in [1.807, 2.05) is 31.2 Å². The topological polar surface area (TPSA) is 95.9 Å². The van der Waals surface area contributed by atoms with Gasteiger partial charge in [0.05, 0.1) is 5.41 Å². The summed E-state index contributed by atoms with van der Waals surface area (Å²) in [4.78, 5) is 38.8.